The Kier molecular flexibility index (Phi) is 11.0. The predicted octanol–water partition coefficient (Wildman–Crippen LogP) is 7.91. The fourth-order valence-electron chi connectivity index (χ4n) is 4.59. The van der Waals surface area contributed by atoms with Crippen molar-refractivity contribution >= 4 is 33.1 Å². The van der Waals surface area contributed by atoms with E-state index in [1.54, 1.807) is 0 Å². The van der Waals surface area contributed by atoms with Gasteiger partial charge in [0.25, 0.3) is 0 Å². The normalized spacial score (nSPS) is 24.2. The van der Waals surface area contributed by atoms with Crippen molar-refractivity contribution in [2.75, 3.05) is 52.9 Å². The van der Waals surface area contributed by atoms with Gasteiger partial charge < -0.3 is 23.3 Å². The highest BCUT2D eigenvalue weighted by molar-refractivity contribution is 7.89. The Balaban J connectivity index is 1.63. The van der Waals surface area contributed by atoms with E-state index in [0.29, 0.717) is 37.9 Å². The molecule has 0 aromatic heterocycles. The van der Waals surface area contributed by atoms with Gasteiger partial charge in [-0.2, -0.15) is 9.03 Å². The highest BCUT2D eigenvalue weighted by Gasteiger charge is 2.44. The summed E-state index contributed by atoms with van der Waals surface area (Å²) < 4.78 is 60.3. The molecule has 0 spiro atoms. The summed E-state index contributed by atoms with van der Waals surface area (Å²) in [6, 6.07) is 38.9. The molecule has 2 aliphatic rings. The van der Waals surface area contributed by atoms with Gasteiger partial charge in [-0.15, -0.1) is 4.52 Å². The summed E-state index contributed by atoms with van der Waals surface area (Å²) in [4.78, 5) is 0. The van der Waals surface area contributed by atoms with E-state index in [9.17, 15) is 0 Å². The Hall–Kier alpha value is -3.03. The van der Waals surface area contributed by atoms with Crippen LogP contribution in [0, 0.1) is 0 Å². The lowest BCUT2D eigenvalue weighted by Crippen LogP contribution is -2.19. The summed E-state index contributed by atoms with van der Waals surface area (Å²) in [7, 11) is -10.2. The van der Waals surface area contributed by atoms with Gasteiger partial charge in [0, 0.05) is 10.6 Å². The van der Waals surface area contributed by atoms with Crippen LogP contribution in [0.2, 0.25) is 0 Å². The largest absolute Gasteiger partial charge is 0.422 e. The van der Waals surface area contributed by atoms with E-state index in [1.807, 2.05) is 121 Å². The van der Waals surface area contributed by atoms with Crippen LogP contribution in [0.5, 0.6) is 11.5 Å². The second kappa shape index (κ2) is 15.5. The summed E-state index contributed by atoms with van der Waals surface area (Å²) in [5, 5.41) is 1.80. The lowest BCUT2D eigenvalue weighted by Gasteiger charge is -2.34. The zero-order chi connectivity index (χ0) is 30.7. The lowest BCUT2D eigenvalue weighted by atomic mass is 10.3. The van der Waals surface area contributed by atoms with Gasteiger partial charge in [0.15, 0.2) is 0 Å². The molecular weight excluding hydrogens is 631 g/mol. The van der Waals surface area contributed by atoms with E-state index in [0.717, 1.165) is 10.6 Å². The number of nitrogens with zero attached hydrogens (tertiary/aromatic N) is 3. The summed E-state index contributed by atoms with van der Waals surface area (Å²) >= 11 is 0. The average Bonchev–Trinajstić information content (AvgIpc) is 3.08. The Morgan fingerprint density at radius 2 is 0.756 bits per heavy atom. The quantitative estimate of drug-likeness (QED) is 0.193. The molecule has 2 atom stereocenters. The van der Waals surface area contributed by atoms with Crippen LogP contribution < -0.4 is 19.7 Å². The first-order chi connectivity index (χ1) is 22.2. The highest BCUT2D eigenvalue weighted by atomic mass is 31.3. The van der Waals surface area contributed by atoms with Crippen molar-refractivity contribution in [1.82, 2.24) is 0 Å². The molecule has 236 valence electrons. The fourth-order valence-corrected chi connectivity index (χ4v) is 15.8. The summed E-state index contributed by atoms with van der Waals surface area (Å²) in [6.07, 6.45) is 0. The molecule has 2 unspecified atom stereocenters. The van der Waals surface area contributed by atoms with Crippen molar-refractivity contribution in [2.45, 2.75) is 0 Å². The van der Waals surface area contributed by atoms with Crippen molar-refractivity contribution < 1.29 is 32.3 Å². The summed E-state index contributed by atoms with van der Waals surface area (Å²) in [5.74, 6) is 1.12. The molecule has 0 radical (unpaired) electrons. The Labute approximate surface area is 264 Å². The third-order valence-electron chi connectivity index (χ3n) is 6.60. The maximum Gasteiger partial charge on any atom is 0.400 e. The van der Waals surface area contributed by atoms with Crippen molar-refractivity contribution in [2.24, 2.45) is 13.5 Å². The number of hydrogen-bond acceptors (Lipinski definition) is 10. The van der Waals surface area contributed by atoms with Crippen LogP contribution >= 0.6 is 22.5 Å². The van der Waals surface area contributed by atoms with Crippen LogP contribution in [0.15, 0.2) is 135 Å². The fraction of sp³-hybridized carbons (Fsp3) is 0.250. The third kappa shape index (κ3) is 8.23. The van der Waals surface area contributed by atoms with Crippen molar-refractivity contribution in [1.29, 1.82) is 0 Å². The molecule has 0 N–H and O–H groups in total. The van der Waals surface area contributed by atoms with Gasteiger partial charge in [0.2, 0.25) is 0 Å². The second-order valence-corrected chi connectivity index (χ2v) is 17.1. The van der Waals surface area contributed by atoms with Gasteiger partial charge in [-0.25, -0.2) is 0 Å². The molecule has 0 amide bonds. The van der Waals surface area contributed by atoms with Gasteiger partial charge in [-0.05, 0) is 24.3 Å². The number of ether oxygens (including phenoxy) is 3. The monoisotopic (exact) mass is 667 g/mol. The van der Waals surface area contributed by atoms with E-state index in [2.05, 4.69) is 0 Å². The molecule has 4 aromatic carbocycles. The number of rotatable bonds is 6. The van der Waals surface area contributed by atoms with Crippen LogP contribution in [0.1, 0.15) is 0 Å². The summed E-state index contributed by atoms with van der Waals surface area (Å²) in [6.45, 7) is 2.65. The van der Waals surface area contributed by atoms with Crippen molar-refractivity contribution in [3.05, 3.63) is 121 Å². The SMILES string of the molecule is c1ccc(OP23=NP(Oc4ccccc4)(=NP(c4ccccc4)(c4ccccc4)=N2)OCCOCCOCCOCCO3)cc1. The van der Waals surface area contributed by atoms with Crippen LogP contribution in [-0.2, 0) is 23.3 Å². The van der Waals surface area contributed by atoms with Gasteiger partial charge in [0.1, 0.15) is 18.7 Å². The zero-order valence-electron chi connectivity index (χ0n) is 24.7. The third-order valence-corrected chi connectivity index (χ3v) is 16.3. The Morgan fingerprint density at radius 1 is 0.400 bits per heavy atom. The summed E-state index contributed by atoms with van der Waals surface area (Å²) in [5.41, 5.74) is 0. The van der Waals surface area contributed by atoms with Crippen LogP contribution in [0.4, 0.5) is 0 Å². The highest BCUT2D eigenvalue weighted by Crippen LogP contribution is 2.78. The number of hydrogen-bond donors (Lipinski definition) is 0. The van der Waals surface area contributed by atoms with Crippen LogP contribution in [-0.4, -0.2) is 52.9 Å². The van der Waals surface area contributed by atoms with Crippen molar-refractivity contribution in [3.63, 3.8) is 0 Å². The minimum absolute atomic E-state index is 0.172. The molecule has 0 saturated heterocycles. The smallest absolute Gasteiger partial charge is 0.400 e. The Morgan fingerprint density at radius 3 is 1.18 bits per heavy atom. The maximum atomic E-state index is 6.76. The van der Waals surface area contributed by atoms with Gasteiger partial charge in [0.05, 0.1) is 52.9 Å². The predicted molar refractivity (Wildman–Crippen MR) is 179 cm³/mol. The second-order valence-electron chi connectivity index (χ2n) is 9.83. The zero-order valence-corrected chi connectivity index (χ0v) is 27.4. The first kappa shape index (κ1) is 31.9. The van der Waals surface area contributed by atoms with Gasteiger partial charge in [-0.3, -0.25) is 9.05 Å². The molecule has 45 heavy (non-hydrogen) atoms. The molecule has 2 heterocycles. The number of fused-ring (bicyclic) bond motifs is 1. The molecule has 2 bridgehead atoms. The molecule has 0 saturated carbocycles. The number of benzene rings is 4. The molecule has 10 nitrogen and oxygen atoms in total. The Bertz CT molecular complexity index is 1580. The number of para-hydroxylation sites is 2. The minimum Gasteiger partial charge on any atom is -0.422 e. The van der Waals surface area contributed by atoms with E-state index in [4.69, 9.17) is 45.9 Å². The molecule has 0 aliphatic carbocycles. The van der Waals surface area contributed by atoms with Gasteiger partial charge in [-0.1, -0.05) is 97.1 Å². The molecule has 13 heteroatoms. The van der Waals surface area contributed by atoms with Crippen LogP contribution in [0.3, 0.4) is 0 Å². The average molecular weight is 668 g/mol. The molecular formula is C32H36N3O7P3. The van der Waals surface area contributed by atoms with Crippen LogP contribution in [0.25, 0.3) is 0 Å². The molecule has 6 rings (SSSR count). The van der Waals surface area contributed by atoms with E-state index in [-0.39, 0.29) is 26.4 Å². The molecule has 2 aliphatic heterocycles. The first-order valence-corrected chi connectivity index (χ1v) is 19.5. The topological polar surface area (TPSA) is 102 Å². The maximum absolute atomic E-state index is 6.76. The first-order valence-electron chi connectivity index (χ1n) is 14.7. The molecule has 0 fully saturated rings. The minimum atomic E-state index is -3.56. The van der Waals surface area contributed by atoms with Gasteiger partial charge >= 0.3 is 15.3 Å². The standard InChI is InChI=1S/C32H36N3O7P3/c1-5-13-29(14-6-1)41-44-33-43(31-17-9-3-10-18-31,32-19-11-4-12-20-32)34-45(35-44,42-30-15-7-2-8-16-30)40-28-26-38-24-22-36-21-23-37-25-27-39-44/h1-20H,21-28H2. The van der Waals surface area contributed by atoms with E-state index in [1.165, 1.54) is 0 Å². The van der Waals surface area contributed by atoms with E-state index < -0.39 is 22.5 Å². The van der Waals surface area contributed by atoms with Crippen molar-refractivity contribution in [3.8, 4) is 11.5 Å². The lowest BCUT2D eigenvalue weighted by molar-refractivity contribution is 0.00460. The van der Waals surface area contributed by atoms with E-state index >= 15 is 0 Å². The molecule has 4 aromatic rings.